The van der Waals surface area contributed by atoms with Crippen LogP contribution in [0, 0.1) is 6.92 Å². The molecule has 0 radical (unpaired) electrons. The van der Waals surface area contributed by atoms with E-state index in [9.17, 15) is 0 Å². The van der Waals surface area contributed by atoms with Gasteiger partial charge in [0.25, 0.3) is 0 Å². The Morgan fingerprint density at radius 3 is 2.17 bits per heavy atom. The van der Waals surface area contributed by atoms with Crippen molar-refractivity contribution in [2.24, 2.45) is 0 Å². The Morgan fingerprint density at radius 1 is 0.750 bits per heavy atom. The van der Waals surface area contributed by atoms with Crippen LogP contribution in [-0.4, -0.2) is 4.98 Å². The topological polar surface area (TPSA) is 15.8 Å². The summed E-state index contributed by atoms with van der Waals surface area (Å²) in [6.45, 7) is 2.30. The smallest absolute Gasteiger partial charge is 0.0502 e. The molecule has 0 spiro atoms. The minimum absolute atomic E-state index is 0.722. The van der Waals surface area contributed by atoms with Crippen LogP contribution in [0.1, 0.15) is 74.8 Å². The number of rotatable bonds is 1. The summed E-state index contributed by atoms with van der Waals surface area (Å²) in [6, 6.07) is 13.4. The SMILES string of the molecule is Cc1ccc2c([nH]c3ccccc32)c1C1CCCCCCCCC1. The van der Waals surface area contributed by atoms with Crippen molar-refractivity contribution in [1.29, 1.82) is 0 Å². The number of benzene rings is 2. The zero-order chi connectivity index (χ0) is 16.4. The van der Waals surface area contributed by atoms with E-state index >= 15 is 0 Å². The van der Waals surface area contributed by atoms with E-state index in [4.69, 9.17) is 0 Å². The van der Waals surface area contributed by atoms with Gasteiger partial charge in [-0.25, -0.2) is 0 Å². The van der Waals surface area contributed by atoms with E-state index < -0.39 is 0 Å². The van der Waals surface area contributed by atoms with E-state index in [0.29, 0.717) is 0 Å². The number of aryl methyl sites for hydroxylation is 1. The van der Waals surface area contributed by atoms with E-state index in [2.05, 4.69) is 48.3 Å². The van der Waals surface area contributed by atoms with Crippen molar-refractivity contribution in [3.05, 3.63) is 47.5 Å². The number of hydrogen-bond acceptors (Lipinski definition) is 0. The van der Waals surface area contributed by atoms with Crippen molar-refractivity contribution in [3.8, 4) is 0 Å². The number of aromatic amines is 1. The molecule has 0 amide bonds. The summed E-state index contributed by atoms with van der Waals surface area (Å²) >= 11 is 0. The Bertz CT molecular complexity index is 817. The molecule has 0 aliphatic heterocycles. The summed E-state index contributed by atoms with van der Waals surface area (Å²) in [7, 11) is 0. The highest BCUT2D eigenvalue weighted by atomic mass is 14.7. The van der Waals surface area contributed by atoms with E-state index in [1.807, 2.05) is 0 Å². The molecular formula is C23H29N. The molecule has 0 bridgehead atoms. The quantitative estimate of drug-likeness (QED) is 0.486. The Morgan fingerprint density at radius 2 is 1.42 bits per heavy atom. The van der Waals surface area contributed by atoms with E-state index in [0.717, 1.165) is 5.92 Å². The molecule has 24 heavy (non-hydrogen) atoms. The van der Waals surface area contributed by atoms with Crippen LogP contribution in [0.25, 0.3) is 21.8 Å². The van der Waals surface area contributed by atoms with Crippen LogP contribution >= 0.6 is 0 Å². The average Bonchev–Trinajstić information content (AvgIpc) is 2.98. The third-order valence-corrected chi connectivity index (χ3v) is 5.95. The maximum atomic E-state index is 3.75. The lowest BCUT2D eigenvalue weighted by Gasteiger charge is -2.22. The van der Waals surface area contributed by atoms with Crippen molar-refractivity contribution in [3.63, 3.8) is 0 Å². The van der Waals surface area contributed by atoms with Gasteiger partial charge in [-0.1, -0.05) is 75.3 Å². The highest BCUT2D eigenvalue weighted by Gasteiger charge is 2.19. The fourth-order valence-electron chi connectivity index (χ4n) is 4.67. The number of para-hydroxylation sites is 1. The predicted octanol–water partition coefficient (Wildman–Crippen LogP) is 7.24. The second-order valence-corrected chi connectivity index (χ2v) is 7.64. The first-order valence-corrected chi connectivity index (χ1v) is 9.84. The molecule has 1 heterocycles. The lowest BCUT2D eigenvalue weighted by atomic mass is 9.84. The summed E-state index contributed by atoms with van der Waals surface area (Å²) in [5.41, 5.74) is 5.75. The fourth-order valence-corrected chi connectivity index (χ4v) is 4.67. The second kappa shape index (κ2) is 7.01. The summed E-state index contributed by atoms with van der Waals surface area (Å²) in [5.74, 6) is 0.722. The molecule has 3 aromatic rings. The molecule has 0 unspecified atom stereocenters. The molecule has 1 saturated carbocycles. The first kappa shape index (κ1) is 15.7. The molecule has 1 aliphatic carbocycles. The van der Waals surface area contributed by atoms with Crippen LogP contribution in [0.5, 0.6) is 0 Å². The standard InChI is InChI=1S/C23H29N/c1-17-15-16-20-19-13-9-10-14-21(19)24-23(20)22(17)18-11-7-5-3-2-4-6-8-12-18/h9-10,13-16,18,24H,2-8,11-12H2,1H3. The highest BCUT2D eigenvalue weighted by molar-refractivity contribution is 6.08. The van der Waals surface area contributed by atoms with Gasteiger partial charge < -0.3 is 4.98 Å². The molecule has 0 atom stereocenters. The molecule has 1 nitrogen and oxygen atoms in total. The molecule has 4 rings (SSSR count). The van der Waals surface area contributed by atoms with Gasteiger partial charge in [-0.2, -0.15) is 0 Å². The zero-order valence-corrected chi connectivity index (χ0v) is 14.9. The van der Waals surface area contributed by atoms with Crippen molar-refractivity contribution in [1.82, 2.24) is 4.98 Å². The van der Waals surface area contributed by atoms with Gasteiger partial charge in [-0.3, -0.25) is 0 Å². The summed E-state index contributed by atoms with van der Waals surface area (Å²) in [5, 5.41) is 2.77. The molecule has 2 aromatic carbocycles. The minimum atomic E-state index is 0.722. The summed E-state index contributed by atoms with van der Waals surface area (Å²) < 4.78 is 0. The molecule has 0 saturated heterocycles. The van der Waals surface area contributed by atoms with Gasteiger partial charge in [0, 0.05) is 16.3 Å². The van der Waals surface area contributed by atoms with Gasteiger partial charge in [-0.15, -0.1) is 0 Å². The van der Waals surface area contributed by atoms with Crippen molar-refractivity contribution in [2.75, 3.05) is 0 Å². The van der Waals surface area contributed by atoms with E-state index in [1.165, 1.54) is 85.2 Å². The third-order valence-electron chi connectivity index (χ3n) is 5.95. The molecular weight excluding hydrogens is 290 g/mol. The monoisotopic (exact) mass is 319 g/mol. The van der Waals surface area contributed by atoms with Gasteiger partial charge in [0.1, 0.15) is 0 Å². The molecule has 1 aliphatic rings. The fraction of sp³-hybridized carbons (Fsp3) is 0.478. The average molecular weight is 319 g/mol. The second-order valence-electron chi connectivity index (χ2n) is 7.64. The Balaban J connectivity index is 1.79. The number of fused-ring (bicyclic) bond motifs is 3. The molecule has 1 aromatic heterocycles. The maximum absolute atomic E-state index is 3.75. The molecule has 1 N–H and O–H groups in total. The lowest BCUT2D eigenvalue weighted by molar-refractivity contribution is 0.463. The number of hydrogen-bond donors (Lipinski definition) is 1. The van der Waals surface area contributed by atoms with Gasteiger partial charge in [-0.05, 0) is 42.9 Å². The first-order valence-electron chi connectivity index (χ1n) is 9.84. The summed E-state index contributed by atoms with van der Waals surface area (Å²) in [6.07, 6.45) is 12.6. The normalized spacial score (nSPS) is 18.2. The number of H-pyrrole nitrogens is 1. The van der Waals surface area contributed by atoms with Gasteiger partial charge in [0.05, 0.1) is 5.52 Å². The number of nitrogens with one attached hydrogen (secondary N) is 1. The van der Waals surface area contributed by atoms with Crippen LogP contribution in [-0.2, 0) is 0 Å². The van der Waals surface area contributed by atoms with Crippen molar-refractivity contribution >= 4 is 21.8 Å². The predicted molar refractivity (Wildman–Crippen MR) is 105 cm³/mol. The van der Waals surface area contributed by atoms with Crippen LogP contribution in [0.2, 0.25) is 0 Å². The molecule has 126 valence electrons. The first-order chi connectivity index (χ1) is 11.8. The van der Waals surface area contributed by atoms with Gasteiger partial charge in [0.2, 0.25) is 0 Å². The maximum Gasteiger partial charge on any atom is 0.0502 e. The van der Waals surface area contributed by atoms with Crippen LogP contribution in [0.15, 0.2) is 36.4 Å². The van der Waals surface area contributed by atoms with E-state index in [1.54, 1.807) is 5.56 Å². The summed E-state index contributed by atoms with van der Waals surface area (Å²) in [4.78, 5) is 3.75. The van der Waals surface area contributed by atoms with Crippen LogP contribution < -0.4 is 0 Å². The Labute approximate surface area is 145 Å². The Hall–Kier alpha value is -1.76. The zero-order valence-electron chi connectivity index (χ0n) is 14.9. The third kappa shape index (κ3) is 2.97. The highest BCUT2D eigenvalue weighted by Crippen LogP contribution is 2.38. The molecule has 1 heteroatoms. The van der Waals surface area contributed by atoms with Crippen molar-refractivity contribution in [2.45, 2.75) is 70.6 Å². The lowest BCUT2D eigenvalue weighted by Crippen LogP contribution is -2.04. The largest absolute Gasteiger partial charge is 0.354 e. The minimum Gasteiger partial charge on any atom is -0.354 e. The van der Waals surface area contributed by atoms with Crippen molar-refractivity contribution < 1.29 is 0 Å². The van der Waals surface area contributed by atoms with Gasteiger partial charge in [0.15, 0.2) is 0 Å². The van der Waals surface area contributed by atoms with Crippen LogP contribution in [0.4, 0.5) is 0 Å². The van der Waals surface area contributed by atoms with Gasteiger partial charge >= 0.3 is 0 Å². The van der Waals surface area contributed by atoms with E-state index in [-0.39, 0.29) is 0 Å². The van der Waals surface area contributed by atoms with Crippen LogP contribution in [0.3, 0.4) is 0 Å². The molecule has 1 fully saturated rings. The number of aromatic nitrogens is 1. The Kier molecular flexibility index (Phi) is 4.60.